The standard InChI is InChI=1S/C17H23NO4S/c1-12(19)23-11-14-9-17(20)18(10-14)7-6-13-4-5-15(21-2)16(8-13)22-3/h4-5,8,14H,6-7,9-11H2,1-3H3. The van der Waals surface area contributed by atoms with Crippen molar-refractivity contribution in [2.75, 3.05) is 33.1 Å². The van der Waals surface area contributed by atoms with E-state index in [4.69, 9.17) is 9.47 Å². The van der Waals surface area contributed by atoms with Crippen LogP contribution in [0.15, 0.2) is 18.2 Å². The van der Waals surface area contributed by atoms with Crippen LogP contribution in [0.3, 0.4) is 0 Å². The largest absolute Gasteiger partial charge is 0.493 e. The lowest BCUT2D eigenvalue weighted by Gasteiger charge is -2.17. The third-order valence-electron chi connectivity index (χ3n) is 3.94. The highest BCUT2D eigenvalue weighted by Gasteiger charge is 2.29. The van der Waals surface area contributed by atoms with Gasteiger partial charge in [0.1, 0.15) is 0 Å². The second-order valence-corrected chi connectivity index (χ2v) is 6.85. The molecule has 1 unspecified atom stereocenters. The van der Waals surface area contributed by atoms with Gasteiger partial charge in [-0.15, -0.1) is 0 Å². The maximum Gasteiger partial charge on any atom is 0.222 e. The number of ether oxygens (including phenoxy) is 2. The van der Waals surface area contributed by atoms with Gasteiger partial charge >= 0.3 is 0 Å². The van der Waals surface area contributed by atoms with Crippen molar-refractivity contribution in [2.45, 2.75) is 19.8 Å². The van der Waals surface area contributed by atoms with Gasteiger partial charge in [0.25, 0.3) is 0 Å². The maximum atomic E-state index is 12.1. The first-order chi connectivity index (χ1) is 11.0. The first-order valence-electron chi connectivity index (χ1n) is 7.65. The predicted molar refractivity (Wildman–Crippen MR) is 91.1 cm³/mol. The predicted octanol–water partition coefficient (Wildman–Crippen LogP) is 2.37. The minimum atomic E-state index is 0.112. The van der Waals surface area contributed by atoms with Gasteiger partial charge in [-0.1, -0.05) is 17.8 Å². The van der Waals surface area contributed by atoms with Gasteiger partial charge in [0.2, 0.25) is 5.91 Å². The molecule has 1 heterocycles. The van der Waals surface area contributed by atoms with E-state index in [1.54, 1.807) is 21.1 Å². The number of carbonyl (C=O) groups excluding carboxylic acids is 2. The van der Waals surface area contributed by atoms with Crippen LogP contribution in [0.1, 0.15) is 18.9 Å². The Kier molecular flexibility index (Phi) is 6.33. The molecule has 0 aromatic heterocycles. The van der Waals surface area contributed by atoms with Crippen molar-refractivity contribution < 1.29 is 19.1 Å². The number of benzene rings is 1. The van der Waals surface area contributed by atoms with E-state index in [2.05, 4.69) is 0 Å². The van der Waals surface area contributed by atoms with E-state index in [0.717, 1.165) is 24.3 Å². The Morgan fingerprint density at radius 1 is 1.30 bits per heavy atom. The van der Waals surface area contributed by atoms with Crippen LogP contribution in [0.25, 0.3) is 0 Å². The molecule has 0 spiro atoms. The zero-order valence-electron chi connectivity index (χ0n) is 13.8. The summed E-state index contributed by atoms with van der Waals surface area (Å²) in [6.45, 7) is 3.00. The van der Waals surface area contributed by atoms with Crippen molar-refractivity contribution in [1.82, 2.24) is 4.90 Å². The quantitative estimate of drug-likeness (QED) is 0.764. The Morgan fingerprint density at radius 3 is 2.70 bits per heavy atom. The summed E-state index contributed by atoms with van der Waals surface area (Å²) in [5.41, 5.74) is 1.11. The van der Waals surface area contributed by atoms with E-state index in [1.165, 1.54) is 11.8 Å². The van der Waals surface area contributed by atoms with Crippen LogP contribution in [0.2, 0.25) is 0 Å². The van der Waals surface area contributed by atoms with Crippen LogP contribution >= 0.6 is 11.8 Å². The first kappa shape index (κ1) is 17.7. The minimum absolute atomic E-state index is 0.112. The van der Waals surface area contributed by atoms with Crippen LogP contribution in [0.5, 0.6) is 11.5 Å². The average Bonchev–Trinajstić information content (AvgIpc) is 2.90. The Morgan fingerprint density at radius 2 is 2.04 bits per heavy atom. The van der Waals surface area contributed by atoms with Crippen LogP contribution < -0.4 is 9.47 Å². The zero-order chi connectivity index (χ0) is 16.8. The molecule has 1 atom stereocenters. The van der Waals surface area contributed by atoms with Crippen molar-refractivity contribution in [2.24, 2.45) is 5.92 Å². The number of likely N-dealkylation sites (tertiary alicyclic amines) is 1. The molecular weight excluding hydrogens is 314 g/mol. The SMILES string of the molecule is COc1ccc(CCN2CC(CSC(C)=O)CC2=O)cc1OC. The van der Waals surface area contributed by atoms with Gasteiger partial charge in [0.05, 0.1) is 14.2 Å². The first-order valence-corrected chi connectivity index (χ1v) is 8.64. The summed E-state index contributed by atoms with van der Waals surface area (Å²) >= 11 is 1.31. The molecule has 23 heavy (non-hydrogen) atoms. The fourth-order valence-electron chi connectivity index (χ4n) is 2.72. The van der Waals surface area contributed by atoms with Crippen molar-refractivity contribution in [3.8, 4) is 11.5 Å². The van der Waals surface area contributed by atoms with Crippen molar-refractivity contribution in [3.05, 3.63) is 23.8 Å². The molecule has 1 amide bonds. The molecule has 1 aromatic carbocycles. The van der Waals surface area contributed by atoms with Gasteiger partial charge in [0.15, 0.2) is 16.6 Å². The van der Waals surface area contributed by atoms with Crippen LogP contribution in [0.4, 0.5) is 0 Å². The molecule has 0 bridgehead atoms. The van der Waals surface area contributed by atoms with Gasteiger partial charge in [-0.05, 0) is 30.0 Å². The Balaban J connectivity index is 1.88. The van der Waals surface area contributed by atoms with E-state index in [-0.39, 0.29) is 16.9 Å². The van der Waals surface area contributed by atoms with Crippen LogP contribution in [-0.4, -0.2) is 49.0 Å². The number of hydrogen-bond donors (Lipinski definition) is 0. The molecule has 5 nitrogen and oxygen atoms in total. The fraction of sp³-hybridized carbons (Fsp3) is 0.529. The molecule has 2 rings (SSSR count). The molecule has 0 N–H and O–H groups in total. The molecule has 1 fully saturated rings. The van der Waals surface area contributed by atoms with E-state index in [1.807, 2.05) is 23.1 Å². The topological polar surface area (TPSA) is 55.8 Å². The number of nitrogens with zero attached hydrogens (tertiary/aromatic N) is 1. The second-order valence-electron chi connectivity index (χ2n) is 5.65. The molecule has 0 radical (unpaired) electrons. The molecule has 6 heteroatoms. The summed E-state index contributed by atoms with van der Waals surface area (Å²) in [5, 5.41) is 0.112. The van der Waals surface area contributed by atoms with E-state index in [9.17, 15) is 9.59 Å². The summed E-state index contributed by atoms with van der Waals surface area (Å²) < 4.78 is 10.5. The van der Waals surface area contributed by atoms with Crippen molar-refractivity contribution >= 4 is 22.8 Å². The van der Waals surface area contributed by atoms with Gasteiger partial charge in [0, 0.05) is 32.2 Å². The lowest BCUT2D eigenvalue weighted by molar-refractivity contribution is -0.127. The number of methoxy groups -OCH3 is 2. The highest BCUT2D eigenvalue weighted by Crippen LogP contribution is 2.28. The van der Waals surface area contributed by atoms with Crippen LogP contribution in [-0.2, 0) is 16.0 Å². The number of rotatable bonds is 7. The third-order valence-corrected chi connectivity index (χ3v) is 4.98. The Bertz CT molecular complexity index is 576. The molecule has 1 aromatic rings. The lowest BCUT2D eigenvalue weighted by atomic mass is 10.1. The molecule has 1 saturated heterocycles. The van der Waals surface area contributed by atoms with Crippen molar-refractivity contribution in [1.29, 1.82) is 0 Å². The van der Waals surface area contributed by atoms with Crippen molar-refractivity contribution in [3.63, 3.8) is 0 Å². The lowest BCUT2D eigenvalue weighted by Crippen LogP contribution is -2.27. The molecule has 126 valence electrons. The molecular formula is C17H23NO4S. The maximum absolute atomic E-state index is 12.1. The molecule has 1 aliphatic rings. The Labute approximate surface area is 141 Å². The van der Waals surface area contributed by atoms with E-state index >= 15 is 0 Å². The fourth-order valence-corrected chi connectivity index (χ4v) is 3.41. The average molecular weight is 337 g/mol. The van der Waals surface area contributed by atoms with Gasteiger partial charge in [-0.25, -0.2) is 0 Å². The van der Waals surface area contributed by atoms with Crippen LogP contribution in [0, 0.1) is 5.92 Å². The third kappa shape index (κ3) is 4.89. The number of thioether (sulfide) groups is 1. The van der Waals surface area contributed by atoms with Gasteiger partial charge in [-0.3, -0.25) is 9.59 Å². The highest BCUT2D eigenvalue weighted by molar-refractivity contribution is 8.13. The summed E-state index contributed by atoms with van der Waals surface area (Å²) in [5.74, 6) is 2.60. The van der Waals surface area contributed by atoms with E-state index in [0.29, 0.717) is 24.5 Å². The number of carbonyl (C=O) groups is 2. The normalized spacial score (nSPS) is 17.4. The highest BCUT2D eigenvalue weighted by atomic mass is 32.2. The smallest absolute Gasteiger partial charge is 0.222 e. The van der Waals surface area contributed by atoms with E-state index < -0.39 is 0 Å². The summed E-state index contributed by atoms with van der Waals surface area (Å²) in [7, 11) is 3.22. The number of amides is 1. The minimum Gasteiger partial charge on any atom is -0.493 e. The summed E-state index contributed by atoms with van der Waals surface area (Å²) in [6.07, 6.45) is 1.32. The Hall–Kier alpha value is -1.69. The monoisotopic (exact) mass is 337 g/mol. The summed E-state index contributed by atoms with van der Waals surface area (Å²) in [6, 6.07) is 5.82. The zero-order valence-corrected chi connectivity index (χ0v) is 14.6. The number of hydrogen-bond acceptors (Lipinski definition) is 5. The van der Waals surface area contributed by atoms with Gasteiger partial charge < -0.3 is 14.4 Å². The molecule has 0 saturated carbocycles. The molecule has 0 aliphatic carbocycles. The van der Waals surface area contributed by atoms with Gasteiger partial charge in [-0.2, -0.15) is 0 Å². The second kappa shape index (κ2) is 8.24. The molecule has 1 aliphatic heterocycles. The summed E-state index contributed by atoms with van der Waals surface area (Å²) in [4.78, 5) is 25.0.